The van der Waals surface area contributed by atoms with Crippen LogP contribution >= 0.6 is 0 Å². The molecule has 2 N–H and O–H groups in total. The van der Waals surface area contributed by atoms with Crippen LogP contribution in [0.1, 0.15) is 26.7 Å². The van der Waals surface area contributed by atoms with Gasteiger partial charge in [-0.2, -0.15) is 0 Å². The number of hydrogen-bond donors (Lipinski definition) is 2. The summed E-state index contributed by atoms with van der Waals surface area (Å²) in [5.41, 5.74) is -0.282. The molecule has 0 aromatic carbocycles. The molecular formula is C9H19NO2. The maximum Gasteiger partial charge on any atom is 0.0744 e. The number of rotatable bonds is 5. The van der Waals surface area contributed by atoms with Gasteiger partial charge in [0.2, 0.25) is 0 Å². The minimum atomic E-state index is -0.282. The number of aliphatic hydroxyl groups excluding tert-OH is 1. The molecule has 0 aliphatic heterocycles. The normalized spacial score (nSPS) is 25.0. The summed E-state index contributed by atoms with van der Waals surface area (Å²) in [7, 11) is 1.67. The topological polar surface area (TPSA) is 41.5 Å². The molecule has 0 saturated heterocycles. The minimum Gasteiger partial charge on any atom is -0.394 e. The van der Waals surface area contributed by atoms with Crippen molar-refractivity contribution in [3.05, 3.63) is 0 Å². The Hall–Kier alpha value is -0.120. The van der Waals surface area contributed by atoms with Crippen molar-refractivity contribution in [1.82, 2.24) is 5.32 Å². The third-order valence-corrected chi connectivity index (χ3v) is 2.69. The second kappa shape index (κ2) is 3.73. The Bertz CT molecular complexity index is 147. The van der Waals surface area contributed by atoms with Crippen LogP contribution in [0.2, 0.25) is 0 Å². The van der Waals surface area contributed by atoms with E-state index in [0.29, 0.717) is 6.04 Å². The molecule has 0 radical (unpaired) electrons. The summed E-state index contributed by atoms with van der Waals surface area (Å²) in [5, 5.41) is 12.6. The molecule has 0 aromatic rings. The van der Waals surface area contributed by atoms with E-state index in [2.05, 4.69) is 5.32 Å². The molecule has 3 heteroatoms. The second-order valence-electron chi connectivity index (χ2n) is 3.87. The Kier molecular flexibility index (Phi) is 3.09. The average Bonchev–Trinajstić information content (AvgIpc) is 2.86. The Morgan fingerprint density at radius 2 is 2.25 bits per heavy atom. The molecule has 2 unspecified atom stereocenters. The molecule has 1 saturated carbocycles. The summed E-state index contributed by atoms with van der Waals surface area (Å²) >= 11 is 0. The Labute approximate surface area is 74.1 Å². The standard InChI is InChI=1S/C9H19NO2/c1-7(12-3)9(2,6-11)10-8-4-5-8/h7-8,10-11H,4-6H2,1-3H3. The van der Waals surface area contributed by atoms with Gasteiger partial charge >= 0.3 is 0 Å². The fourth-order valence-corrected chi connectivity index (χ4v) is 1.25. The van der Waals surface area contributed by atoms with Crippen LogP contribution in [0.15, 0.2) is 0 Å². The van der Waals surface area contributed by atoms with Crippen molar-refractivity contribution in [3.8, 4) is 0 Å². The number of nitrogens with one attached hydrogen (secondary N) is 1. The molecule has 0 spiro atoms. The third kappa shape index (κ3) is 2.19. The van der Waals surface area contributed by atoms with Gasteiger partial charge in [-0.1, -0.05) is 0 Å². The van der Waals surface area contributed by atoms with Gasteiger partial charge in [-0.05, 0) is 26.7 Å². The molecule has 1 fully saturated rings. The number of ether oxygens (including phenoxy) is 1. The molecule has 0 bridgehead atoms. The predicted molar refractivity (Wildman–Crippen MR) is 48.1 cm³/mol. The van der Waals surface area contributed by atoms with E-state index in [1.807, 2.05) is 13.8 Å². The second-order valence-corrected chi connectivity index (χ2v) is 3.87. The number of hydrogen-bond acceptors (Lipinski definition) is 3. The van der Waals surface area contributed by atoms with Gasteiger partial charge in [-0.3, -0.25) is 0 Å². The SMILES string of the molecule is COC(C)C(C)(CO)NC1CC1. The molecule has 2 atom stereocenters. The molecule has 72 valence electrons. The van der Waals surface area contributed by atoms with Gasteiger partial charge in [-0.25, -0.2) is 0 Å². The highest BCUT2D eigenvalue weighted by Gasteiger charge is 2.36. The zero-order chi connectivity index (χ0) is 9.19. The van der Waals surface area contributed by atoms with E-state index in [1.165, 1.54) is 12.8 Å². The van der Waals surface area contributed by atoms with Crippen LogP contribution in [0.3, 0.4) is 0 Å². The lowest BCUT2D eigenvalue weighted by Gasteiger charge is -2.34. The monoisotopic (exact) mass is 173 g/mol. The van der Waals surface area contributed by atoms with Crippen molar-refractivity contribution in [2.24, 2.45) is 0 Å². The van der Waals surface area contributed by atoms with Crippen LogP contribution in [0.25, 0.3) is 0 Å². The number of methoxy groups -OCH3 is 1. The maximum atomic E-state index is 9.22. The van der Waals surface area contributed by atoms with Gasteiger partial charge in [-0.15, -0.1) is 0 Å². The summed E-state index contributed by atoms with van der Waals surface area (Å²) in [5.74, 6) is 0. The van der Waals surface area contributed by atoms with Crippen LogP contribution in [0.4, 0.5) is 0 Å². The van der Waals surface area contributed by atoms with E-state index in [9.17, 15) is 5.11 Å². The molecule has 12 heavy (non-hydrogen) atoms. The molecular weight excluding hydrogens is 154 g/mol. The molecule has 1 aliphatic rings. The summed E-state index contributed by atoms with van der Waals surface area (Å²) in [6.45, 7) is 4.10. The van der Waals surface area contributed by atoms with Crippen molar-refractivity contribution >= 4 is 0 Å². The summed E-state index contributed by atoms with van der Waals surface area (Å²) in [6, 6.07) is 0.597. The van der Waals surface area contributed by atoms with Crippen LogP contribution in [-0.4, -0.2) is 36.5 Å². The van der Waals surface area contributed by atoms with Crippen LogP contribution in [-0.2, 0) is 4.74 Å². The van der Waals surface area contributed by atoms with E-state index >= 15 is 0 Å². The Morgan fingerprint density at radius 1 is 1.67 bits per heavy atom. The smallest absolute Gasteiger partial charge is 0.0744 e. The highest BCUT2D eigenvalue weighted by Crippen LogP contribution is 2.24. The van der Waals surface area contributed by atoms with Gasteiger partial charge in [0.15, 0.2) is 0 Å². The summed E-state index contributed by atoms with van der Waals surface area (Å²) in [4.78, 5) is 0. The first-order valence-corrected chi connectivity index (χ1v) is 4.53. The van der Waals surface area contributed by atoms with Gasteiger partial charge in [0.05, 0.1) is 18.2 Å². The fraction of sp³-hybridized carbons (Fsp3) is 1.00. The van der Waals surface area contributed by atoms with Crippen LogP contribution in [0, 0.1) is 0 Å². The molecule has 0 aromatic heterocycles. The largest absolute Gasteiger partial charge is 0.394 e. The van der Waals surface area contributed by atoms with Gasteiger partial charge in [0.1, 0.15) is 0 Å². The quantitative estimate of drug-likeness (QED) is 0.637. The van der Waals surface area contributed by atoms with E-state index in [1.54, 1.807) is 7.11 Å². The Balaban J connectivity index is 2.46. The van der Waals surface area contributed by atoms with E-state index in [0.717, 1.165) is 0 Å². The van der Waals surface area contributed by atoms with E-state index in [4.69, 9.17) is 4.74 Å². The predicted octanol–water partition coefficient (Wildman–Crippen LogP) is 0.524. The van der Waals surface area contributed by atoms with Crippen molar-refractivity contribution < 1.29 is 9.84 Å². The van der Waals surface area contributed by atoms with E-state index in [-0.39, 0.29) is 18.2 Å². The lowest BCUT2D eigenvalue weighted by Crippen LogP contribution is -2.55. The molecule has 3 nitrogen and oxygen atoms in total. The highest BCUT2D eigenvalue weighted by atomic mass is 16.5. The lowest BCUT2D eigenvalue weighted by atomic mass is 9.97. The summed E-state index contributed by atoms with van der Waals surface area (Å²) in [6.07, 6.45) is 2.50. The highest BCUT2D eigenvalue weighted by molar-refractivity contribution is 4.95. The first-order chi connectivity index (χ1) is 5.62. The zero-order valence-electron chi connectivity index (χ0n) is 8.13. The zero-order valence-corrected chi connectivity index (χ0v) is 8.13. The first kappa shape index (κ1) is 9.96. The average molecular weight is 173 g/mol. The molecule has 0 amide bonds. The molecule has 1 rings (SSSR count). The molecule has 0 heterocycles. The van der Waals surface area contributed by atoms with Crippen LogP contribution in [0.5, 0.6) is 0 Å². The van der Waals surface area contributed by atoms with Crippen molar-refractivity contribution in [1.29, 1.82) is 0 Å². The number of aliphatic hydroxyl groups is 1. The Morgan fingerprint density at radius 3 is 2.58 bits per heavy atom. The maximum absolute atomic E-state index is 9.22. The van der Waals surface area contributed by atoms with E-state index < -0.39 is 0 Å². The van der Waals surface area contributed by atoms with Gasteiger partial charge < -0.3 is 15.2 Å². The first-order valence-electron chi connectivity index (χ1n) is 4.53. The van der Waals surface area contributed by atoms with Crippen molar-refractivity contribution in [2.45, 2.75) is 44.4 Å². The lowest BCUT2D eigenvalue weighted by molar-refractivity contribution is 0.00713. The van der Waals surface area contributed by atoms with Crippen molar-refractivity contribution in [3.63, 3.8) is 0 Å². The van der Waals surface area contributed by atoms with Crippen LogP contribution < -0.4 is 5.32 Å². The minimum absolute atomic E-state index is 0.0445. The van der Waals surface area contributed by atoms with Gasteiger partial charge in [0, 0.05) is 13.2 Å². The fourth-order valence-electron chi connectivity index (χ4n) is 1.25. The molecule has 1 aliphatic carbocycles. The third-order valence-electron chi connectivity index (χ3n) is 2.69. The van der Waals surface area contributed by atoms with Gasteiger partial charge in [0.25, 0.3) is 0 Å². The van der Waals surface area contributed by atoms with Crippen molar-refractivity contribution in [2.75, 3.05) is 13.7 Å². The summed E-state index contributed by atoms with van der Waals surface area (Å²) < 4.78 is 5.21.